The molecule has 0 aliphatic heterocycles. The van der Waals surface area contributed by atoms with Gasteiger partial charge in [0.1, 0.15) is 23.1 Å². The van der Waals surface area contributed by atoms with Gasteiger partial charge in [-0.1, -0.05) is 38.0 Å². The molecule has 0 saturated heterocycles. The summed E-state index contributed by atoms with van der Waals surface area (Å²) in [5.74, 6) is 0.886. The van der Waals surface area contributed by atoms with Crippen LogP contribution in [0, 0.1) is 11.3 Å². The molecule has 140 valence electrons. The first-order valence-electron chi connectivity index (χ1n) is 8.97. The third kappa shape index (κ3) is 6.19. The number of nitrogens with one attached hydrogen (secondary N) is 1. The molecule has 0 heterocycles. The Morgan fingerprint density at radius 3 is 2.56 bits per heavy atom. The predicted molar refractivity (Wildman–Crippen MR) is 107 cm³/mol. The molecule has 2 rings (SSSR count). The van der Waals surface area contributed by atoms with Crippen LogP contribution >= 0.6 is 0 Å². The molecule has 0 atom stereocenters. The highest BCUT2D eigenvalue weighted by molar-refractivity contribution is 6.09. The monoisotopic (exact) mass is 364 g/mol. The molecule has 0 aliphatic rings. The molecule has 0 fully saturated rings. The number of nitrogens with zero attached hydrogens (tertiary/aromatic N) is 1. The number of ether oxygens (including phenoxy) is 2. The third-order valence-electron chi connectivity index (χ3n) is 3.93. The zero-order chi connectivity index (χ0) is 19.5. The van der Waals surface area contributed by atoms with Gasteiger partial charge in [-0.25, -0.2) is 0 Å². The second-order valence-corrected chi connectivity index (χ2v) is 5.95. The van der Waals surface area contributed by atoms with Gasteiger partial charge in [-0.05, 0) is 42.8 Å². The van der Waals surface area contributed by atoms with Crippen molar-refractivity contribution in [2.75, 3.05) is 19.0 Å². The van der Waals surface area contributed by atoms with Crippen molar-refractivity contribution in [1.29, 1.82) is 5.26 Å². The molecule has 0 aliphatic carbocycles. The number of unbranched alkanes of at least 4 members (excludes halogenated alkanes) is 2. The van der Waals surface area contributed by atoms with Gasteiger partial charge in [-0.15, -0.1) is 0 Å². The quantitative estimate of drug-likeness (QED) is 0.394. The summed E-state index contributed by atoms with van der Waals surface area (Å²) in [6.07, 6.45) is 4.83. The summed E-state index contributed by atoms with van der Waals surface area (Å²) in [7, 11) is 1.55. The molecule has 0 bridgehead atoms. The van der Waals surface area contributed by atoms with E-state index in [1.165, 1.54) is 6.08 Å². The molecule has 5 heteroatoms. The molecule has 2 aromatic carbocycles. The molecular formula is C22H24N2O3. The Hall–Kier alpha value is -3.26. The number of nitriles is 1. The van der Waals surface area contributed by atoms with E-state index in [1.807, 2.05) is 18.2 Å². The van der Waals surface area contributed by atoms with Gasteiger partial charge in [-0.3, -0.25) is 4.79 Å². The number of anilines is 1. The lowest BCUT2D eigenvalue weighted by Crippen LogP contribution is -2.13. The molecule has 0 radical (unpaired) electrons. The molecule has 0 saturated carbocycles. The van der Waals surface area contributed by atoms with Crippen molar-refractivity contribution < 1.29 is 14.3 Å². The highest BCUT2D eigenvalue weighted by atomic mass is 16.5. The maximum atomic E-state index is 12.4. The number of amides is 1. The van der Waals surface area contributed by atoms with Gasteiger partial charge in [-0.2, -0.15) is 5.26 Å². The van der Waals surface area contributed by atoms with Crippen LogP contribution in [-0.4, -0.2) is 19.6 Å². The minimum Gasteiger partial charge on any atom is -0.496 e. The maximum absolute atomic E-state index is 12.4. The van der Waals surface area contributed by atoms with E-state index >= 15 is 0 Å². The molecule has 1 N–H and O–H groups in total. The minimum atomic E-state index is -0.472. The number of carbonyl (C=O) groups is 1. The molecule has 27 heavy (non-hydrogen) atoms. The first-order valence-corrected chi connectivity index (χ1v) is 8.97. The highest BCUT2D eigenvalue weighted by Crippen LogP contribution is 2.21. The van der Waals surface area contributed by atoms with Crippen LogP contribution in [0.5, 0.6) is 11.5 Å². The SMILES string of the molecule is CCCCCOc1ccc(NC(=O)/C(C#N)=C/c2ccccc2OC)cc1. The average Bonchev–Trinajstić information content (AvgIpc) is 2.70. The summed E-state index contributed by atoms with van der Waals surface area (Å²) in [4.78, 5) is 12.4. The van der Waals surface area contributed by atoms with E-state index in [4.69, 9.17) is 9.47 Å². The zero-order valence-corrected chi connectivity index (χ0v) is 15.7. The van der Waals surface area contributed by atoms with Crippen molar-refractivity contribution >= 4 is 17.7 Å². The molecule has 0 unspecified atom stereocenters. The van der Waals surface area contributed by atoms with Crippen molar-refractivity contribution in [1.82, 2.24) is 0 Å². The second kappa shape index (κ2) is 10.7. The van der Waals surface area contributed by atoms with Crippen LogP contribution in [0.1, 0.15) is 31.7 Å². The third-order valence-corrected chi connectivity index (χ3v) is 3.93. The van der Waals surface area contributed by atoms with Crippen LogP contribution in [0.2, 0.25) is 0 Å². The Bertz CT molecular complexity index is 820. The van der Waals surface area contributed by atoms with E-state index in [0.717, 1.165) is 25.0 Å². The fourth-order valence-corrected chi connectivity index (χ4v) is 2.46. The Morgan fingerprint density at radius 1 is 1.15 bits per heavy atom. The first kappa shape index (κ1) is 20.1. The summed E-state index contributed by atoms with van der Waals surface area (Å²) in [6, 6.07) is 16.3. The van der Waals surface area contributed by atoms with Crippen LogP contribution < -0.4 is 14.8 Å². The van der Waals surface area contributed by atoms with Gasteiger partial charge in [0.05, 0.1) is 13.7 Å². The Balaban J connectivity index is 2.02. The van der Waals surface area contributed by atoms with Crippen molar-refractivity contribution in [2.45, 2.75) is 26.2 Å². The lowest BCUT2D eigenvalue weighted by Gasteiger charge is -2.08. The van der Waals surface area contributed by atoms with Crippen molar-refractivity contribution in [3.05, 3.63) is 59.7 Å². The van der Waals surface area contributed by atoms with E-state index in [-0.39, 0.29) is 5.57 Å². The predicted octanol–water partition coefficient (Wildman–Crippen LogP) is 4.81. The van der Waals surface area contributed by atoms with E-state index < -0.39 is 5.91 Å². The van der Waals surface area contributed by atoms with Crippen LogP contribution in [0.3, 0.4) is 0 Å². The van der Waals surface area contributed by atoms with E-state index in [1.54, 1.807) is 43.5 Å². The number of carbonyl (C=O) groups excluding carboxylic acids is 1. The van der Waals surface area contributed by atoms with Crippen molar-refractivity contribution in [3.63, 3.8) is 0 Å². The smallest absolute Gasteiger partial charge is 0.266 e. The Labute approximate surface area is 160 Å². The van der Waals surface area contributed by atoms with E-state index in [9.17, 15) is 10.1 Å². The van der Waals surface area contributed by atoms with Gasteiger partial charge >= 0.3 is 0 Å². The fourth-order valence-electron chi connectivity index (χ4n) is 2.46. The Kier molecular flexibility index (Phi) is 7.92. The largest absolute Gasteiger partial charge is 0.496 e. The number of hydrogen-bond acceptors (Lipinski definition) is 4. The minimum absolute atomic E-state index is 0.000563. The zero-order valence-electron chi connectivity index (χ0n) is 15.7. The van der Waals surface area contributed by atoms with Gasteiger partial charge in [0.2, 0.25) is 0 Å². The van der Waals surface area contributed by atoms with Crippen molar-refractivity contribution in [3.8, 4) is 17.6 Å². The molecule has 5 nitrogen and oxygen atoms in total. The Morgan fingerprint density at radius 2 is 1.89 bits per heavy atom. The van der Waals surface area contributed by atoms with Crippen LogP contribution in [-0.2, 0) is 4.79 Å². The van der Waals surface area contributed by atoms with Gasteiger partial charge in [0, 0.05) is 11.3 Å². The summed E-state index contributed by atoms with van der Waals surface area (Å²) in [6.45, 7) is 2.83. The average molecular weight is 364 g/mol. The maximum Gasteiger partial charge on any atom is 0.266 e. The summed E-state index contributed by atoms with van der Waals surface area (Å²) in [5.41, 5.74) is 1.27. The normalized spacial score (nSPS) is 10.8. The number of benzene rings is 2. The number of methoxy groups -OCH3 is 1. The summed E-state index contributed by atoms with van der Waals surface area (Å²) >= 11 is 0. The van der Waals surface area contributed by atoms with Crippen LogP contribution in [0.4, 0.5) is 5.69 Å². The molecule has 1 amide bonds. The van der Waals surface area contributed by atoms with Gasteiger partial charge in [0.15, 0.2) is 0 Å². The topological polar surface area (TPSA) is 71.3 Å². The van der Waals surface area contributed by atoms with E-state index in [2.05, 4.69) is 12.2 Å². The number of hydrogen-bond donors (Lipinski definition) is 1. The van der Waals surface area contributed by atoms with Crippen molar-refractivity contribution in [2.24, 2.45) is 0 Å². The van der Waals surface area contributed by atoms with E-state index in [0.29, 0.717) is 23.6 Å². The van der Waals surface area contributed by atoms with Gasteiger partial charge < -0.3 is 14.8 Å². The lowest BCUT2D eigenvalue weighted by atomic mass is 10.1. The standard InChI is InChI=1S/C22H24N2O3/c1-3-4-7-14-27-20-12-10-19(11-13-20)24-22(25)18(16-23)15-17-8-5-6-9-21(17)26-2/h5-6,8-13,15H,3-4,7,14H2,1-2H3,(H,24,25)/b18-15+. The fraction of sp³-hybridized carbons (Fsp3) is 0.273. The number of rotatable bonds is 9. The molecule has 0 aromatic heterocycles. The number of para-hydroxylation sites is 1. The first-order chi connectivity index (χ1) is 13.2. The lowest BCUT2D eigenvalue weighted by molar-refractivity contribution is -0.112. The second-order valence-electron chi connectivity index (χ2n) is 5.95. The highest BCUT2D eigenvalue weighted by Gasteiger charge is 2.11. The van der Waals surface area contributed by atoms with Crippen LogP contribution in [0.15, 0.2) is 54.1 Å². The van der Waals surface area contributed by atoms with Gasteiger partial charge in [0.25, 0.3) is 5.91 Å². The summed E-state index contributed by atoms with van der Waals surface area (Å²) < 4.78 is 10.9. The van der Waals surface area contributed by atoms with Crippen LogP contribution in [0.25, 0.3) is 6.08 Å². The molecular weight excluding hydrogens is 340 g/mol. The molecule has 2 aromatic rings. The molecule has 0 spiro atoms. The summed E-state index contributed by atoms with van der Waals surface area (Å²) in [5, 5.41) is 12.1.